The van der Waals surface area contributed by atoms with E-state index in [2.05, 4.69) is 15.9 Å². The van der Waals surface area contributed by atoms with Gasteiger partial charge in [0.1, 0.15) is 0 Å². The number of sulfonamides is 1. The Morgan fingerprint density at radius 1 is 1.52 bits per heavy atom. The number of hydrogen-bond donors (Lipinski definition) is 0. The molecular weight excluding hydrogens is 380 g/mol. The van der Waals surface area contributed by atoms with Gasteiger partial charge in [-0.25, -0.2) is 8.42 Å². The molecular formula is C12H15BrN2O4S2. The molecule has 1 unspecified atom stereocenters. The summed E-state index contributed by atoms with van der Waals surface area (Å²) in [6.45, 7) is 2.79. The molecule has 0 radical (unpaired) electrons. The van der Waals surface area contributed by atoms with E-state index in [9.17, 15) is 18.5 Å². The number of rotatable bonds is 4. The van der Waals surface area contributed by atoms with Gasteiger partial charge in [-0.15, -0.1) is 0 Å². The van der Waals surface area contributed by atoms with E-state index in [-0.39, 0.29) is 15.8 Å². The van der Waals surface area contributed by atoms with E-state index in [4.69, 9.17) is 0 Å². The summed E-state index contributed by atoms with van der Waals surface area (Å²) in [5, 5.41) is 11.3. The van der Waals surface area contributed by atoms with E-state index in [1.807, 2.05) is 6.92 Å². The van der Waals surface area contributed by atoms with E-state index >= 15 is 0 Å². The second-order valence-corrected chi connectivity index (χ2v) is 8.86. The molecule has 0 spiro atoms. The predicted molar refractivity (Wildman–Crippen MR) is 86.1 cm³/mol. The van der Waals surface area contributed by atoms with Crippen molar-refractivity contribution in [1.29, 1.82) is 0 Å². The van der Waals surface area contributed by atoms with Crippen LogP contribution in [0.15, 0.2) is 27.6 Å². The molecule has 1 atom stereocenters. The van der Waals surface area contributed by atoms with E-state index in [0.29, 0.717) is 23.3 Å². The summed E-state index contributed by atoms with van der Waals surface area (Å²) in [7, 11) is -3.85. The predicted octanol–water partition coefficient (Wildman–Crippen LogP) is 2.87. The zero-order valence-corrected chi connectivity index (χ0v) is 14.6. The van der Waals surface area contributed by atoms with Crippen LogP contribution < -0.4 is 0 Å². The van der Waals surface area contributed by atoms with Crippen molar-refractivity contribution in [3.63, 3.8) is 0 Å². The van der Waals surface area contributed by atoms with E-state index in [0.717, 1.165) is 6.42 Å². The number of nitro benzene ring substituents is 1. The molecule has 0 amide bonds. The second kappa shape index (κ2) is 6.64. The minimum Gasteiger partial charge on any atom is -0.258 e. The number of nitrogens with zero attached hydrogens (tertiary/aromatic N) is 2. The Bertz CT molecular complexity index is 651. The Morgan fingerprint density at radius 2 is 2.24 bits per heavy atom. The van der Waals surface area contributed by atoms with Crippen LogP contribution in [-0.4, -0.2) is 41.7 Å². The normalized spacial score (nSPS) is 20.4. The van der Waals surface area contributed by atoms with Gasteiger partial charge >= 0.3 is 0 Å². The standard InChI is InChI=1S/C12H15BrN2O4S2/c1-2-10-8-14(5-6-20-10)21(18,19)12-7-9(13)3-4-11(12)15(16)17/h3-4,7,10H,2,5-6,8H2,1H3. The van der Waals surface area contributed by atoms with Crippen LogP contribution >= 0.6 is 27.7 Å². The maximum Gasteiger partial charge on any atom is 0.289 e. The lowest BCUT2D eigenvalue weighted by Gasteiger charge is -2.30. The maximum absolute atomic E-state index is 12.7. The first-order valence-corrected chi connectivity index (χ1v) is 9.70. The van der Waals surface area contributed by atoms with Crippen molar-refractivity contribution in [2.24, 2.45) is 0 Å². The van der Waals surface area contributed by atoms with Crippen LogP contribution in [0.4, 0.5) is 5.69 Å². The molecule has 0 aliphatic carbocycles. The lowest BCUT2D eigenvalue weighted by Crippen LogP contribution is -2.41. The van der Waals surface area contributed by atoms with Gasteiger partial charge in [0.15, 0.2) is 4.90 Å². The third kappa shape index (κ3) is 3.58. The number of benzene rings is 1. The van der Waals surface area contributed by atoms with Crippen molar-refractivity contribution in [1.82, 2.24) is 4.31 Å². The molecule has 2 rings (SSSR count). The van der Waals surface area contributed by atoms with E-state index in [1.54, 1.807) is 11.8 Å². The quantitative estimate of drug-likeness (QED) is 0.579. The highest BCUT2D eigenvalue weighted by atomic mass is 79.9. The van der Waals surface area contributed by atoms with Crippen LogP contribution in [0.5, 0.6) is 0 Å². The fourth-order valence-electron chi connectivity index (χ4n) is 2.14. The van der Waals surface area contributed by atoms with Gasteiger partial charge < -0.3 is 0 Å². The number of nitro groups is 1. The summed E-state index contributed by atoms with van der Waals surface area (Å²) in [5.41, 5.74) is -0.385. The molecule has 1 heterocycles. The monoisotopic (exact) mass is 394 g/mol. The molecule has 1 fully saturated rings. The van der Waals surface area contributed by atoms with Crippen molar-refractivity contribution >= 4 is 43.4 Å². The van der Waals surface area contributed by atoms with Crippen LogP contribution in [0.3, 0.4) is 0 Å². The molecule has 0 aromatic heterocycles. The summed E-state index contributed by atoms with van der Waals surface area (Å²) in [5.74, 6) is 0.708. The molecule has 0 bridgehead atoms. The molecule has 1 aliphatic heterocycles. The smallest absolute Gasteiger partial charge is 0.258 e. The van der Waals surface area contributed by atoms with Crippen molar-refractivity contribution in [3.05, 3.63) is 32.8 Å². The van der Waals surface area contributed by atoms with Crippen molar-refractivity contribution in [2.45, 2.75) is 23.5 Å². The maximum atomic E-state index is 12.7. The number of halogens is 1. The number of hydrogen-bond acceptors (Lipinski definition) is 5. The summed E-state index contributed by atoms with van der Waals surface area (Å²) in [6.07, 6.45) is 0.872. The van der Waals surface area contributed by atoms with E-state index < -0.39 is 14.9 Å². The van der Waals surface area contributed by atoms with Crippen LogP contribution in [0.1, 0.15) is 13.3 Å². The lowest BCUT2D eigenvalue weighted by molar-refractivity contribution is -0.387. The fourth-order valence-corrected chi connectivity index (χ4v) is 5.71. The van der Waals surface area contributed by atoms with E-state index in [1.165, 1.54) is 22.5 Å². The zero-order chi connectivity index (χ0) is 15.6. The summed E-state index contributed by atoms with van der Waals surface area (Å²) in [6, 6.07) is 3.99. The minimum absolute atomic E-state index is 0.236. The average Bonchev–Trinajstić information content (AvgIpc) is 2.46. The first kappa shape index (κ1) is 16.7. The van der Waals surface area contributed by atoms with Gasteiger partial charge in [0.2, 0.25) is 10.0 Å². The first-order valence-electron chi connectivity index (χ1n) is 6.42. The Labute approximate surface area is 136 Å². The van der Waals surface area contributed by atoms with Crippen molar-refractivity contribution in [3.8, 4) is 0 Å². The molecule has 21 heavy (non-hydrogen) atoms. The van der Waals surface area contributed by atoms with Crippen LogP contribution in [0, 0.1) is 10.1 Å². The van der Waals surface area contributed by atoms with Gasteiger partial charge in [0.05, 0.1) is 4.92 Å². The third-order valence-corrected chi connectivity index (χ3v) is 7.05. The fraction of sp³-hybridized carbons (Fsp3) is 0.500. The molecule has 0 saturated carbocycles. The summed E-state index contributed by atoms with van der Waals surface area (Å²) >= 11 is 4.92. The average molecular weight is 395 g/mol. The largest absolute Gasteiger partial charge is 0.289 e. The molecule has 6 nitrogen and oxygen atoms in total. The van der Waals surface area contributed by atoms with Gasteiger partial charge in [0, 0.05) is 34.6 Å². The molecule has 116 valence electrons. The zero-order valence-electron chi connectivity index (χ0n) is 11.4. The molecule has 1 saturated heterocycles. The molecule has 0 N–H and O–H groups in total. The topological polar surface area (TPSA) is 80.5 Å². The minimum atomic E-state index is -3.85. The second-order valence-electron chi connectivity index (χ2n) is 4.63. The van der Waals surface area contributed by atoms with Crippen LogP contribution in [0.2, 0.25) is 0 Å². The summed E-state index contributed by atoms with van der Waals surface area (Å²) in [4.78, 5) is 10.2. The number of thioether (sulfide) groups is 1. The van der Waals surface area contributed by atoms with Crippen LogP contribution in [-0.2, 0) is 10.0 Å². The van der Waals surface area contributed by atoms with Crippen molar-refractivity contribution < 1.29 is 13.3 Å². The first-order chi connectivity index (χ1) is 9.86. The van der Waals surface area contributed by atoms with Gasteiger partial charge in [-0.2, -0.15) is 16.1 Å². The Hall–Kier alpha value is -0.640. The van der Waals surface area contributed by atoms with Crippen molar-refractivity contribution in [2.75, 3.05) is 18.8 Å². The Morgan fingerprint density at radius 3 is 2.86 bits per heavy atom. The third-order valence-electron chi connectivity index (χ3n) is 3.29. The highest BCUT2D eigenvalue weighted by Crippen LogP contribution is 2.32. The van der Waals surface area contributed by atoms with Crippen LogP contribution in [0.25, 0.3) is 0 Å². The Balaban J connectivity index is 2.44. The van der Waals surface area contributed by atoms with Gasteiger partial charge in [-0.1, -0.05) is 22.9 Å². The van der Waals surface area contributed by atoms with Gasteiger partial charge in [-0.05, 0) is 18.6 Å². The molecule has 1 aromatic carbocycles. The highest BCUT2D eigenvalue weighted by molar-refractivity contribution is 9.10. The van der Waals surface area contributed by atoms with Gasteiger partial charge in [0.25, 0.3) is 5.69 Å². The Kier molecular flexibility index (Phi) is 5.29. The summed E-state index contributed by atoms with van der Waals surface area (Å²) < 4.78 is 27.3. The SMILES string of the molecule is CCC1CN(S(=O)(=O)c2cc(Br)ccc2[N+](=O)[O-])CCS1. The molecule has 9 heteroatoms. The molecule has 1 aliphatic rings. The van der Waals surface area contributed by atoms with Gasteiger partial charge in [-0.3, -0.25) is 10.1 Å². The lowest BCUT2D eigenvalue weighted by atomic mass is 10.3. The highest BCUT2D eigenvalue weighted by Gasteiger charge is 2.34. The molecule has 1 aromatic rings.